The first-order valence-electron chi connectivity index (χ1n) is 4.97. The molecule has 0 aliphatic heterocycles. The highest BCUT2D eigenvalue weighted by Gasteiger charge is 2.48. The van der Waals surface area contributed by atoms with Gasteiger partial charge in [-0.05, 0) is 27.7 Å². The topological polar surface area (TPSA) is 76.7 Å². The van der Waals surface area contributed by atoms with Crippen LogP contribution in [0.2, 0.25) is 0 Å². The van der Waals surface area contributed by atoms with Crippen LogP contribution in [0.25, 0.3) is 0 Å². The summed E-state index contributed by atoms with van der Waals surface area (Å²) in [5.74, 6) is 0. The van der Waals surface area contributed by atoms with Gasteiger partial charge in [0.2, 0.25) is 0 Å². The second kappa shape index (κ2) is 8.19. The highest BCUT2D eigenvalue weighted by atomic mass is 35.5. The summed E-state index contributed by atoms with van der Waals surface area (Å²) >= 11 is 0. The summed E-state index contributed by atoms with van der Waals surface area (Å²) in [7, 11) is -3.51. The fourth-order valence-corrected chi connectivity index (χ4v) is 3.15. The van der Waals surface area contributed by atoms with Gasteiger partial charge in [-0.15, -0.1) is 12.4 Å². The molecule has 0 radical (unpaired) electrons. The largest absolute Gasteiger partial charge is 0.499 e. The van der Waals surface area contributed by atoms with Gasteiger partial charge in [0.15, 0.2) is 0 Å². The van der Waals surface area contributed by atoms with Crippen LogP contribution >= 0.6 is 20.5 Å². The van der Waals surface area contributed by atoms with Crippen molar-refractivity contribution in [3.8, 4) is 6.07 Å². The average molecular weight is 272 g/mol. The monoisotopic (exact) mass is 271 g/mol. The van der Waals surface area contributed by atoms with E-state index in [9.17, 15) is 9.79 Å². The zero-order valence-corrected chi connectivity index (χ0v) is 11.8. The van der Waals surface area contributed by atoms with E-state index < -0.39 is 8.09 Å². The molecule has 0 spiro atoms. The molecule has 7 heteroatoms. The van der Waals surface area contributed by atoms with Gasteiger partial charge in [-0.1, -0.05) is 4.67 Å². The zero-order chi connectivity index (χ0) is 12.1. The third kappa shape index (κ3) is 5.95. The fourth-order valence-electron chi connectivity index (χ4n) is 1.48. The van der Waals surface area contributed by atoms with E-state index in [-0.39, 0.29) is 37.5 Å². The van der Waals surface area contributed by atoms with Crippen molar-refractivity contribution in [3.05, 3.63) is 0 Å². The minimum Gasteiger partial charge on any atom is -0.198 e. The van der Waals surface area contributed by atoms with Crippen molar-refractivity contribution in [1.29, 1.82) is 5.26 Å². The molecule has 96 valence electrons. The van der Waals surface area contributed by atoms with Crippen LogP contribution in [0.15, 0.2) is 0 Å². The standard InChI is InChI=1S/C9H20N2O3P.ClH/c1-8(2)11(9(3)4)15(12,13)14-7-5-6-10;/h8-9,12-13H,5,7H2,1-4H3;1H/q+1;. The molecule has 0 aromatic rings. The zero-order valence-electron chi connectivity index (χ0n) is 10.1. The van der Waals surface area contributed by atoms with Gasteiger partial charge in [0.25, 0.3) is 0 Å². The molecule has 0 aliphatic carbocycles. The maximum Gasteiger partial charge on any atom is 0.499 e. The summed E-state index contributed by atoms with van der Waals surface area (Å²) in [6, 6.07) is 1.85. The first-order valence-corrected chi connectivity index (χ1v) is 6.54. The molecule has 5 nitrogen and oxygen atoms in total. The molecule has 0 amide bonds. The summed E-state index contributed by atoms with van der Waals surface area (Å²) in [6.07, 6.45) is 0.160. The summed E-state index contributed by atoms with van der Waals surface area (Å²) in [5, 5.41) is 8.33. The molecular weight excluding hydrogens is 251 g/mol. The number of nitrogens with zero attached hydrogens (tertiary/aromatic N) is 2. The van der Waals surface area contributed by atoms with Gasteiger partial charge in [0, 0.05) is 12.1 Å². The van der Waals surface area contributed by atoms with Gasteiger partial charge in [-0.2, -0.15) is 19.6 Å². The van der Waals surface area contributed by atoms with Crippen LogP contribution in [0.1, 0.15) is 34.1 Å². The van der Waals surface area contributed by atoms with Crippen molar-refractivity contribution < 1.29 is 14.3 Å². The molecule has 0 saturated heterocycles. The Labute approximate surface area is 104 Å². The lowest BCUT2D eigenvalue weighted by Crippen LogP contribution is -2.37. The molecule has 0 atom stereocenters. The van der Waals surface area contributed by atoms with Gasteiger partial charge < -0.3 is 0 Å². The van der Waals surface area contributed by atoms with E-state index in [1.807, 2.05) is 33.8 Å². The molecule has 0 fully saturated rings. The van der Waals surface area contributed by atoms with Crippen LogP contribution in [0.3, 0.4) is 0 Å². The van der Waals surface area contributed by atoms with Gasteiger partial charge in [0.05, 0.1) is 12.5 Å². The van der Waals surface area contributed by atoms with Crippen molar-refractivity contribution in [1.82, 2.24) is 4.67 Å². The first kappa shape index (κ1) is 18.4. The molecular formula is C9H21ClN2O3P+. The van der Waals surface area contributed by atoms with Crippen LogP contribution in [-0.4, -0.2) is 33.1 Å². The Bertz CT molecular complexity index is 223. The maximum atomic E-state index is 9.80. The molecule has 0 bridgehead atoms. The van der Waals surface area contributed by atoms with Gasteiger partial charge >= 0.3 is 8.09 Å². The third-order valence-corrected chi connectivity index (χ3v) is 3.89. The van der Waals surface area contributed by atoms with Crippen LogP contribution in [-0.2, 0) is 4.52 Å². The lowest BCUT2D eigenvalue weighted by Gasteiger charge is -2.29. The van der Waals surface area contributed by atoms with Crippen molar-refractivity contribution in [3.63, 3.8) is 0 Å². The number of nitriles is 1. The normalized spacial score (nSPS) is 11.8. The average Bonchev–Trinajstić information content (AvgIpc) is 2.01. The second-order valence-electron chi connectivity index (χ2n) is 3.82. The highest BCUT2D eigenvalue weighted by molar-refractivity contribution is 7.57. The van der Waals surface area contributed by atoms with E-state index in [1.54, 1.807) is 0 Å². The van der Waals surface area contributed by atoms with E-state index in [2.05, 4.69) is 0 Å². The van der Waals surface area contributed by atoms with E-state index in [1.165, 1.54) is 4.67 Å². The highest BCUT2D eigenvalue weighted by Crippen LogP contribution is 2.57. The van der Waals surface area contributed by atoms with E-state index in [0.717, 1.165) is 0 Å². The smallest absolute Gasteiger partial charge is 0.198 e. The summed E-state index contributed by atoms with van der Waals surface area (Å²) in [6.45, 7) is 7.53. The van der Waals surface area contributed by atoms with E-state index in [0.29, 0.717) is 0 Å². The summed E-state index contributed by atoms with van der Waals surface area (Å²) < 4.78 is 6.51. The minimum atomic E-state index is -3.51. The fraction of sp³-hybridized carbons (Fsp3) is 0.889. The van der Waals surface area contributed by atoms with Crippen molar-refractivity contribution in [2.45, 2.75) is 46.2 Å². The third-order valence-electron chi connectivity index (χ3n) is 1.84. The predicted molar refractivity (Wildman–Crippen MR) is 66.9 cm³/mol. The first-order chi connectivity index (χ1) is 6.83. The Kier molecular flexibility index (Phi) is 9.42. The molecule has 0 saturated carbocycles. The van der Waals surface area contributed by atoms with Crippen molar-refractivity contribution >= 4 is 20.5 Å². The Balaban J connectivity index is 0. The number of hydrogen-bond acceptors (Lipinski definition) is 5. The quantitative estimate of drug-likeness (QED) is 0.572. The predicted octanol–water partition coefficient (Wildman–Crippen LogP) is 2.12. The number of halogens is 1. The molecule has 0 rings (SSSR count). The van der Waals surface area contributed by atoms with Gasteiger partial charge in [-0.25, -0.2) is 0 Å². The number of rotatable bonds is 6. The summed E-state index contributed by atoms with van der Waals surface area (Å²) in [4.78, 5) is 19.6. The van der Waals surface area contributed by atoms with Crippen LogP contribution in [0, 0.1) is 11.3 Å². The van der Waals surface area contributed by atoms with Crippen LogP contribution in [0.4, 0.5) is 0 Å². The Hall–Kier alpha value is 0.0500. The van der Waals surface area contributed by atoms with Crippen molar-refractivity contribution in [2.75, 3.05) is 6.61 Å². The molecule has 16 heavy (non-hydrogen) atoms. The van der Waals surface area contributed by atoms with E-state index in [4.69, 9.17) is 9.79 Å². The molecule has 0 aliphatic rings. The van der Waals surface area contributed by atoms with Gasteiger partial charge in [-0.3, -0.25) is 0 Å². The minimum absolute atomic E-state index is 0. The molecule has 2 N–H and O–H groups in total. The Morgan fingerprint density at radius 2 is 1.69 bits per heavy atom. The van der Waals surface area contributed by atoms with Crippen LogP contribution < -0.4 is 0 Å². The Morgan fingerprint density at radius 1 is 1.25 bits per heavy atom. The molecule has 0 aromatic carbocycles. The lowest BCUT2D eigenvalue weighted by molar-refractivity contribution is 0.139. The SMILES string of the molecule is CC(C)N(C(C)C)[P+](O)(O)OCCC#N.Cl. The summed E-state index contributed by atoms with van der Waals surface area (Å²) in [5.41, 5.74) is 0. The molecule has 0 aromatic heterocycles. The van der Waals surface area contributed by atoms with Gasteiger partial charge in [0.1, 0.15) is 6.61 Å². The Morgan fingerprint density at radius 3 is 2.00 bits per heavy atom. The van der Waals surface area contributed by atoms with Crippen LogP contribution in [0.5, 0.6) is 0 Å². The van der Waals surface area contributed by atoms with E-state index >= 15 is 0 Å². The maximum absolute atomic E-state index is 9.80. The molecule has 0 heterocycles. The lowest BCUT2D eigenvalue weighted by atomic mass is 10.3. The molecule has 0 unspecified atom stereocenters. The van der Waals surface area contributed by atoms with Crippen molar-refractivity contribution in [2.24, 2.45) is 0 Å². The second-order valence-corrected chi connectivity index (χ2v) is 5.57. The number of hydrogen-bond donors (Lipinski definition) is 2.